The number of nitriles is 1. The van der Waals surface area contributed by atoms with Gasteiger partial charge in [-0.15, -0.1) is 0 Å². The molecule has 1 aromatic carbocycles. The second-order valence-electron chi connectivity index (χ2n) is 4.18. The number of anilines is 2. The van der Waals surface area contributed by atoms with Gasteiger partial charge in [-0.05, 0) is 12.1 Å². The first-order chi connectivity index (χ1) is 8.24. The summed E-state index contributed by atoms with van der Waals surface area (Å²) in [5.74, 6) is 0.670. The van der Waals surface area contributed by atoms with Gasteiger partial charge >= 0.3 is 0 Å². The summed E-state index contributed by atoms with van der Waals surface area (Å²) in [6.07, 6.45) is 0.411. The molecule has 0 atom stereocenters. The van der Waals surface area contributed by atoms with Crippen molar-refractivity contribution < 1.29 is 4.79 Å². The van der Waals surface area contributed by atoms with Gasteiger partial charge in [0.1, 0.15) is 17.5 Å². The summed E-state index contributed by atoms with van der Waals surface area (Å²) < 4.78 is 0. The second-order valence-corrected chi connectivity index (χ2v) is 4.18. The van der Waals surface area contributed by atoms with E-state index in [1.807, 2.05) is 42.3 Å². The molecule has 17 heavy (non-hydrogen) atoms. The minimum atomic E-state index is -0.0570. The second kappa shape index (κ2) is 3.36. The molecule has 2 aliphatic rings. The van der Waals surface area contributed by atoms with Gasteiger partial charge in [-0.3, -0.25) is 4.79 Å². The van der Waals surface area contributed by atoms with Gasteiger partial charge < -0.3 is 9.80 Å². The minimum Gasteiger partial charge on any atom is -0.328 e. The van der Waals surface area contributed by atoms with Gasteiger partial charge in [0.15, 0.2) is 5.78 Å². The van der Waals surface area contributed by atoms with E-state index in [2.05, 4.69) is 4.90 Å². The van der Waals surface area contributed by atoms with Crippen LogP contribution in [-0.2, 0) is 4.79 Å². The number of carbonyl (C=O) groups is 1. The van der Waals surface area contributed by atoms with Crippen LogP contribution in [0.25, 0.3) is 0 Å². The van der Waals surface area contributed by atoms with E-state index < -0.39 is 0 Å². The molecular weight excluding hydrogens is 214 g/mol. The molecule has 2 aliphatic heterocycles. The summed E-state index contributed by atoms with van der Waals surface area (Å²) in [5, 5.41) is 9.12. The van der Waals surface area contributed by atoms with Crippen LogP contribution in [0.1, 0.15) is 6.42 Å². The van der Waals surface area contributed by atoms with Gasteiger partial charge in [0.05, 0.1) is 11.4 Å². The van der Waals surface area contributed by atoms with Crippen LogP contribution in [0.4, 0.5) is 11.4 Å². The molecular formula is C13H11N3O. The van der Waals surface area contributed by atoms with E-state index in [4.69, 9.17) is 5.26 Å². The first kappa shape index (κ1) is 9.91. The highest BCUT2D eigenvalue weighted by Gasteiger charge is 2.36. The molecule has 0 saturated heterocycles. The monoisotopic (exact) mass is 225 g/mol. The number of rotatable bonds is 0. The van der Waals surface area contributed by atoms with Crippen molar-refractivity contribution in [3.63, 3.8) is 0 Å². The van der Waals surface area contributed by atoms with Crippen LogP contribution in [-0.4, -0.2) is 19.4 Å². The van der Waals surface area contributed by atoms with Crippen LogP contribution in [0.3, 0.4) is 0 Å². The number of para-hydroxylation sites is 2. The average Bonchev–Trinajstić information content (AvgIpc) is 2.64. The van der Waals surface area contributed by atoms with Crippen molar-refractivity contribution in [1.82, 2.24) is 0 Å². The summed E-state index contributed by atoms with van der Waals surface area (Å²) in [7, 11) is 1.89. The van der Waals surface area contributed by atoms with Gasteiger partial charge in [0.25, 0.3) is 0 Å². The van der Waals surface area contributed by atoms with Gasteiger partial charge in [-0.25, -0.2) is 0 Å². The van der Waals surface area contributed by atoms with Gasteiger partial charge in [0, 0.05) is 20.0 Å². The fourth-order valence-electron chi connectivity index (χ4n) is 2.49. The summed E-state index contributed by atoms with van der Waals surface area (Å²) in [6, 6.07) is 9.99. The zero-order chi connectivity index (χ0) is 12.0. The maximum absolute atomic E-state index is 11.7. The fraction of sp³-hybridized carbons (Fsp3) is 0.231. The maximum Gasteiger partial charge on any atom is 0.178 e. The first-order valence-corrected chi connectivity index (χ1v) is 5.52. The predicted octanol–water partition coefficient (Wildman–Crippen LogP) is 1.65. The van der Waals surface area contributed by atoms with E-state index in [0.29, 0.717) is 13.0 Å². The van der Waals surface area contributed by atoms with Gasteiger partial charge in [-0.1, -0.05) is 12.1 Å². The molecule has 0 saturated carbocycles. The summed E-state index contributed by atoms with van der Waals surface area (Å²) in [4.78, 5) is 15.7. The summed E-state index contributed by atoms with van der Waals surface area (Å²) >= 11 is 0. The molecule has 84 valence electrons. The quantitative estimate of drug-likeness (QED) is 0.673. The van der Waals surface area contributed by atoms with Crippen molar-refractivity contribution >= 4 is 17.2 Å². The molecule has 3 rings (SSSR count). The van der Waals surface area contributed by atoms with Crippen LogP contribution >= 0.6 is 0 Å². The number of ketones is 1. The molecule has 0 N–H and O–H groups in total. The highest BCUT2D eigenvalue weighted by atomic mass is 16.1. The number of hydrogen-bond acceptors (Lipinski definition) is 4. The molecule has 0 fully saturated rings. The Kier molecular flexibility index (Phi) is 1.96. The van der Waals surface area contributed by atoms with Crippen LogP contribution in [0.15, 0.2) is 35.7 Å². The first-order valence-electron chi connectivity index (χ1n) is 5.52. The molecule has 2 heterocycles. The molecule has 0 spiro atoms. The number of benzene rings is 1. The predicted molar refractivity (Wildman–Crippen MR) is 64.5 cm³/mol. The lowest BCUT2D eigenvalue weighted by Gasteiger charge is -2.27. The van der Waals surface area contributed by atoms with Crippen molar-refractivity contribution in [1.29, 1.82) is 5.26 Å². The number of allylic oxidation sites excluding steroid dienone is 1. The number of carbonyl (C=O) groups excluding carboxylic acids is 1. The van der Waals surface area contributed by atoms with E-state index in [1.54, 1.807) is 0 Å². The Labute approximate surface area is 99.4 Å². The normalized spacial score (nSPS) is 18.0. The smallest absolute Gasteiger partial charge is 0.178 e. The zero-order valence-electron chi connectivity index (χ0n) is 9.47. The van der Waals surface area contributed by atoms with Crippen molar-refractivity contribution in [3.8, 4) is 6.07 Å². The van der Waals surface area contributed by atoms with Crippen molar-refractivity contribution in [2.45, 2.75) is 6.42 Å². The number of fused-ring (bicyclic) bond motifs is 3. The molecule has 4 heteroatoms. The van der Waals surface area contributed by atoms with E-state index >= 15 is 0 Å². The molecule has 0 amide bonds. The third kappa shape index (κ3) is 1.19. The molecule has 0 bridgehead atoms. The van der Waals surface area contributed by atoms with Crippen molar-refractivity contribution in [2.75, 3.05) is 23.4 Å². The number of hydrogen-bond donors (Lipinski definition) is 0. The van der Waals surface area contributed by atoms with Crippen LogP contribution in [0, 0.1) is 11.3 Å². The van der Waals surface area contributed by atoms with E-state index in [1.165, 1.54) is 0 Å². The standard InChI is InChI=1S/C13H11N3O/c1-15-10-4-2-3-5-11(10)16-7-6-12(17)9(8-14)13(15)16/h2-5H,6-7H2,1H3. The topological polar surface area (TPSA) is 47.3 Å². The van der Waals surface area contributed by atoms with Crippen LogP contribution < -0.4 is 9.80 Å². The minimum absolute atomic E-state index is 0.0570. The molecule has 0 aliphatic carbocycles. The number of Topliss-reactive ketones (excluding diaryl/α,β-unsaturated/α-hetero) is 1. The highest BCUT2D eigenvalue weighted by Crippen LogP contribution is 2.43. The summed E-state index contributed by atoms with van der Waals surface area (Å²) in [6.45, 7) is 0.653. The maximum atomic E-state index is 11.7. The Morgan fingerprint density at radius 2 is 2.00 bits per heavy atom. The molecule has 4 nitrogen and oxygen atoms in total. The molecule has 0 radical (unpaired) electrons. The van der Waals surface area contributed by atoms with Gasteiger partial charge in [-0.2, -0.15) is 5.26 Å². The van der Waals surface area contributed by atoms with Crippen LogP contribution in [0.5, 0.6) is 0 Å². The molecule has 0 aromatic heterocycles. The Balaban J connectivity index is 2.25. The SMILES string of the molecule is CN1C2=C(C#N)C(=O)CCN2c2ccccc21. The van der Waals surface area contributed by atoms with E-state index in [9.17, 15) is 4.79 Å². The Morgan fingerprint density at radius 3 is 2.71 bits per heavy atom. The average molecular weight is 225 g/mol. The number of nitrogens with zero attached hydrogens (tertiary/aromatic N) is 3. The van der Waals surface area contributed by atoms with Crippen molar-refractivity contribution in [3.05, 3.63) is 35.7 Å². The largest absolute Gasteiger partial charge is 0.328 e. The van der Waals surface area contributed by atoms with E-state index in [-0.39, 0.29) is 11.4 Å². The summed E-state index contributed by atoms with van der Waals surface area (Å²) in [5.41, 5.74) is 2.39. The third-order valence-electron chi connectivity index (χ3n) is 3.28. The zero-order valence-corrected chi connectivity index (χ0v) is 9.47. The Hall–Kier alpha value is -2.28. The highest BCUT2D eigenvalue weighted by molar-refractivity contribution is 6.04. The lowest BCUT2D eigenvalue weighted by molar-refractivity contribution is -0.115. The fourth-order valence-corrected chi connectivity index (χ4v) is 2.49. The van der Waals surface area contributed by atoms with Crippen molar-refractivity contribution in [2.24, 2.45) is 0 Å². The Morgan fingerprint density at radius 1 is 1.29 bits per heavy atom. The third-order valence-corrected chi connectivity index (χ3v) is 3.28. The van der Waals surface area contributed by atoms with E-state index in [0.717, 1.165) is 17.2 Å². The Bertz CT molecular complexity index is 583. The molecule has 1 aromatic rings. The lowest BCUT2D eigenvalue weighted by atomic mass is 10.1. The van der Waals surface area contributed by atoms with Crippen LogP contribution in [0.2, 0.25) is 0 Å². The van der Waals surface area contributed by atoms with Gasteiger partial charge in [0.2, 0.25) is 0 Å². The lowest BCUT2D eigenvalue weighted by Crippen LogP contribution is -2.35. The molecule has 0 unspecified atom stereocenters.